The molecule has 0 saturated heterocycles. The molecule has 0 aliphatic carbocycles. The summed E-state index contributed by atoms with van der Waals surface area (Å²) in [6.07, 6.45) is 0. The molecule has 3 nitrogen and oxygen atoms in total. The van der Waals surface area contributed by atoms with Gasteiger partial charge in [-0.05, 0) is 36.4 Å². The van der Waals surface area contributed by atoms with Crippen LogP contribution in [0.5, 0.6) is 5.75 Å². The molecule has 0 bridgehead atoms. The third-order valence-corrected chi connectivity index (χ3v) is 3.62. The molecule has 0 saturated carbocycles. The zero-order valence-corrected chi connectivity index (χ0v) is 11.7. The Morgan fingerprint density at radius 1 is 1.14 bits per heavy atom. The van der Waals surface area contributed by atoms with Gasteiger partial charge in [0.2, 0.25) is 0 Å². The van der Waals surface area contributed by atoms with Crippen molar-refractivity contribution in [2.45, 2.75) is 4.90 Å². The van der Waals surface area contributed by atoms with Crippen molar-refractivity contribution < 1.29 is 23.4 Å². The van der Waals surface area contributed by atoms with Crippen molar-refractivity contribution in [2.24, 2.45) is 0 Å². The molecule has 0 radical (unpaired) electrons. The molecule has 110 valence electrons. The highest BCUT2D eigenvalue weighted by Gasteiger charge is 2.05. The lowest BCUT2D eigenvalue weighted by Gasteiger charge is -2.07. The number of aromatic carboxylic acids is 1. The molecule has 2 aromatic rings. The largest absolute Gasteiger partial charge is 0.493 e. The number of thioether (sulfide) groups is 1. The topological polar surface area (TPSA) is 46.5 Å². The first kappa shape index (κ1) is 15.3. The zero-order valence-electron chi connectivity index (χ0n) is 10.9. The lowest BCUT2D eigenvalue weighted by molar-refractivity contribution is 0.0697. The van der Waals surface area contributed by atoms with Crippen LogP contribution in [-0.4, -0.2) is 23.4 Å². The fourth-order valence-electron chi connectivity index (χ4n) is 1.60. The summed E-state index contributed by atoms with van der Waals surface area (Å²) in [6.45, 7) is 0.327. The number of halogens is 2. The summed E-state index contributed by atoms with van der Waals surface area (Å²) in [5, 5.41) is 8.76. The predicted octanol–water partition coefficient (Wildman–Crippen LogP) is 3.83. The maximum Gasteiger partial charge on any atom is 0.335 e. The number of carboxylic acid groups (broad SMARTS) is 1. The summed E-state index contributed by atoms with van der Waals surface area (Å²) in [4.78, 5) is 11.0. The standard InChI is InChI=1S/C15H12F2O3S/c16-11-3-6-14(13(17)9-11)21-8-7-20-12-4-1-10(2-5-12)15(18)19/h1-6,9H,7-8H2,(H,18,19). The summed E-state index contributed by atoms with van der Waals surface area (Å²) < 4.78 is 31.5. The molecule has 0 aromatic heterocycles. The fourth-order valence-corrected chi connectivity index (χ4v) is 2.34. The minimum Gasteiger partial charge on any atom is -0.493 e. The zero-order chi connectivity index (χ0) is 15.2. The Morgan fingerprint density at radius 3 is 2.48 bits per heavy atom. The van der Waals surface area contributed by atoms with Crippen LogP contribution in [0, 0.1) is 11.6 Å². The molecule has 2 aromatic carbocycles. The van der Waals surface area contributed by atoms with Crippen LogP contribution in [0.3, 0.4) is 0 Å². The number of benzene rings is 2. The van der Waals surface area contributed by atoms with Gasteiger partial charge in [-0.15, -0.1) is 11.8 Å². The number of rotatable bonds is 6. The SMILES string of the molecule is O=C(O)c1ccc(OCCSc2ccc(F)cc2F)cc1. The molecule has 0 amide bonds. The van der Waals surface area contributed by atoms with E-state index in [0.717, 1.165) is 6.07 Å². The quantitative estimate of drug-likeness (QED) is 0.650. The Kier molecular flexibility index (Phi) is 5.16. The summed E-state index contributed by atoms with van der Waals surface area (Å²) in [6, 6.07) is 9.45. The van der Waals surface area contributed by atoms with E-state index in [-0.39, 0.29) is 5.56 Å². The average Bonchev–Trinajstić information content (AvgIpc) is 2.46. The number of carboxylic acids is 1. The third kappa shape index (κ3) is 4.46. The van der Waals surface area contributed by atoms with E-state index in [1.165, 1.54) is 36.0 Å². The van der Waals surface area contributed by atoms with E-state index in [4.69, 9.17) is 9.84 Å². The molecular weight excluding hydrogens is 298 g/mol. The second kappa shape index (κ2) is 7.08. The van der Waals surface area contributed by atoms with Gasteiger partial charge in [-0.2, -0.15) is 0 Å². The van der Waals surface area contributed by atoms with Crippen molar-refractivity contribution in [3.63, 3.8) is 0 Å². The van der Waals surface area contributed by atoms with Crippen molar-refractivity contribution in [1.82, 2.24) is 0 Å². The van der Waals surface area contributed by atoms with Gasteiger partial charge in [-0.1, -0.05) is 0 Å². The van der Waals surface area contributed by atoms with Crippen LogP contribution in [0.25, 0.3) is 0 Å². The van der Waals surface area contributed by atoms with Gasteiger partial charge in [0, 0.05) is 16.7 Å². The van der Waals surface area contributed by atoms with Crippen LogP contribution in [0.15, 0.2) is 47.4 Å². The summed E-state index contributed by atoms with van der Waals surface area (Å²) in [7, 11) is 0. The van der Waals surface area contributed by atoms with E-state index in [1.54, 1.807) is 12.1 Å². The highest BCUT2D eigenvalue weighted by molar-refractivity contribution is 7.99. The maximum atomic E-state index is 13.4. The Bertz CT molecular complexity index is 629. The lowest BCUT2D eigenvalue weighted by Crippen LogP contribution is -2.01. The van der Waals surface area contributed by atoms with Gasteiger partial charge in [0.15, 0.2) is 0 Å². The lowest BCUT2D eigenvalue weighted by atomic mass is 10.2. The molecule has 0 fully saturated rings. The highest BCUT2D eigenvalue weighted by Crippen LogP contribution is 2.22. The number of hydrogen-bond acceptors (Lipinski definition) is 3. The van der Waals surface area contributed by atoms with Crippen molar-refractivity contribution in [3.8, 4) is 5.75 Å². The monoisotopic (exact) mass is 310 g/mol. The van der Waals surface area contributed by atoms with Crippen LogP contribution in [0.2, 0.25) is 0 Å². The van der Waals surface area contributed by atoms with Crippen molar-refractivity contribution in [2.75, 3.05) is 12.4 Å². The molecule has 6 heteroatoms. The van der Waals surface area contributed by atoms with Gasteiger partial charge >= 0.3 is 5.97 Å². The fraction of sp³-hybridized carbons (Fsp3) is 0.133. The maximum absolute atomic E-state index is 13.4. The first-order valence-corrected chi connectivity index (χ1v) is 7.09. The van der Waals surface area contributed by atoms with Crippen molar-refractivity contribution in [1.29, 1.82) is 0 Å². The van der Waals surface area contributed by atoms with Crippen LogP contribution < -0.4 is 4.74 Å². The van der Waals surface area contributed by atoms with E-state index < -0.39 is 17.6 Å². The van der Waals surface area contributed by atoms with E-state index in [0.29, 0.717) is 23.0 Å². The normalized spacial score (nSPS) is 10.4. The number of carbonyl (C=O) groups is 1. The molecular formula is C15H12F2O3S. The molecule has 0 unspecified atom stereocenters. The minimum absolute atomic E-state index is 0.185. The number of hydrogen-bond donors (Lipinski definition) is 1. The smallest absolute Gasteiger partial charge is 0.335 e. The Morgan fingerprint density at radius 2 is 1.86 bits per heavy atom. The Balaban J connectivity index is 1.80. The van der Waals surface area contributed by atoms with E-state index in [1.807, 2.05) is 0 Å². The van der Waals surface area contributed by atoms with Crippen LogP contribution in [-0.2, 0) is 0 Å². The van der Waals surface area contributed by atoms with Gasteiger partial charge in [0.1, 0.15) is 17.4 Å². The van der Waals surface area contributed by atoms with Crippen LogP contribution in [0.4, 0.5) is 8.78 Å². The van der Waals surface area contributed by atoms with Crippen LogP contribution in [0.1, 0.15) is 10.4 Å². The van der Waals surface area contributed by atoms with Gasteiger partial charge < -0.3 is 9.84 Å². The van der Waals surface area contributed by atoms with Gasteiger partial charge in [0.05, 0.1) is 12.2 Å². The first-order valence-electron chi connectivity index (χ1n) is 6.10. The van der Waals surface area contributed by atoms with Crippen molar-refractivity contribution in [3.05, 3.63) is 59.7 Å². The number of ether oxygens (including phenoxy) is 1. The molecule has 21 heavy (non-hydrogen) atoms. The summed E-state index contributed by atoms with van der Waals surface area (Å²) in [5.41, 5.74) is 0.185. The average molecular weight is 310 g/mol. The van der Waals surface area contributed by atoms with E-state index in [9.17, 15) is 13.6 Å². The van der Waals surface area contributed by atoms with E-state index in [2.05, 4.69) is 0 Å². The summed E-state index contributed by atoms with van der Waals surface area (Å²) >= 11 is 1.22. The van der Waals surface area contributed by atoms with Gasteiger partial charge in [0.25, 0.3) is 0 Å². The van der Waals surface area contributed by atoms with E-state index >= 15 is 0 Å². The third-order valence-electron chi connectivity index (χ3n) is 2.60. The van der Waals surface area contributed by atoms with Gasteiger partial charge in [-0.25, -0.2) is 13.6 Å². The van der Waals surface area contributed by atoms with Gasteiger partial charge in [-0.3, -0.25) is 0 Å². The highest BCUT2D eigenvalue weighted by atomic mass is 32.2. The van der Waals surface area contributed by atoms with Crippen LogP contribution >= 0.6 is 11.8 Å². The summed E-state index contributed by atoms with van der Waals surface area (Å²) in [5.74, 6) is -1.16. The molecule has 0 atom stereocenters. The first-order chi connectivity index (χ1) is 10.1. The molecule has 1 N–H and O–H groups in total. The molecule has 0 spiro atoms. The minimum atomic E-state index is -0.996. The second-order valence-electron chi connectivity index (χ2n) is 4.10. The second-order valence-corrected chi connectivity index (χ2v) is 5.24. The Labute approximate surface area is 124 Å². The predicted molar refractivity (Wildman–Crippen MR) is 76.0 cm³/mol. The molecule has 0 aliphatic heterocycles. The molecule has 2 rings (SSSR count). The van der Waals surface area contributed by atoms with Crippen molar-refractivity contribution >= 4 is 17.7 Å². The molecule has 0 aliphatic rings. The molecule has 0 heterocycles. The Hall–Kier alpha value is -2.08.